The van der Waals surface area contributed by atoms with E-state index < -0.39 is 10.2 Å². The predicted octanol–water partition coefficient (Wildman–Crippen LogP) is 1.66. The van der Waals surface area contributed by atoms with Crippen molar-refractivity contribution in [3.8, 4) is 16.9 Å². The Bertz CT molecular complexity index is 682. The van der Waals surface area contributed by atoms with Crippen LogP contribution in [0.4, 0.5) is 0 Å². The lowest BCUT2D eigenvalue weighted by Crippen LogP contribution is -2.30. The van der Waals surface area contributed by atoms with E-state index in [1.165, 1.54) is 0 Å². The van der Waals surface area contributed by atoms with Gasteiger partial charge >= 0.3 is 0 Å². The molecule has 2 aromatic carbocycles. The average molecular weight is 292 g/mol. The minimum Gasteiger partial charge on any atom is -0.497 e. The van der Waals surface area contributed by atoms with Gasteiger partial charge in [-0.15, -0.1) is 0 Å². The lowest BCUT2D eigenvalue weighted by Gasteiger charge is -2.06. The number of rotatable bonds is 5. The molecule has 0 atom stereocenters. The van der Waals surface area contributed by atoms with Gasteiger partial charge in [-0.3, -0.25) is 0 Å². The van der Waals surface area contributed by atoms with E-state index >= 15 is 0 Å². The second-order valence-electron chi connectivity index (χ2n) is 4.30. The van der Waals surface area contributed by atoms with Gasteiger partial charge in [0.1, 0.15) is 5.75 Å². The highest BCUT2D eigenvalue weighted by molar-refractivity contribution is 7.87. The van der Waals surface area contributed by atoms with Gasteiger partial charge in [0.2, 0.25) is 0 Å². The molecule has 0 fully saturated rings. The molecule has 106 valence electrons. The summed E-state index contributed by atoms with van der Waals surface area (Å²) < 4.78 is 29.1. The molecule has 0 unspecified atom stereocenters. The molecule has 5 nitrogen and oxygen atoms in total. The van der Waals surface area contributed by atoms with Crippen molar-refractivity contribution < 1.29 is 13.2 Å². The molecule has 0 amide bonds. The van der Waals surface area contributed by atoms with Crippen molar-refractivity contribution in [1.82, 2.24) is 4.72 Å². The zero-order valence-electron chi connectivity index (χ0n) is 11.0. The molecule has 20 heavy (non-hydrogen) atoms. The summed E-state index contributed by atoms with van der Waals surface area (Å²) in [5.41, 5.74) is 2.91. The maximum Gasteiger partial charge on any atom is 0.274 e. The molecule has 2 aromatic rings. The first kappa shape index (κ1) is 14.5. The summed E-state index contributed by atoms with van der Waals surface area (Å²) >= 11 is 0. The van der Waals surface area contributed by atoms with Crippen molar-refractivity contribution in [2.75, 3.05) is 7.11 Å². The van der Waals surface area contributed by atoms with E-state index in [-0.39, 0.29) is 6.54 Å². The SMILES string of the molecule is COc1cccc(-c2ccc(CNS(N)(=O)=O)cc2)c1. The average Bonchev–Trinajstić information content (AvgIpc) is 2.45. The number of nitrogens with two attached hydrogens (primary N) is 1. The largest absolute Gasteiger partial charge is 0.497 e. The van der Waals surface area contributed by atoms with Crippen LogP contribution in [0.3, 0.4) is 0 Å². The Morgan fingerprint density at radius 1 is 1.10 bits per heavy atom. The van der Waals surface area contributed by atoms with Crippen molar-refractivity contribution in [3.63, 3.8) is 0 Å². The number of hydrogen-bond donors (Lipinski definition) is 2. The Morgan fingerprint density at radius 3 is 2.40 bits per heavy atom. The van der Waals surface area contributed by atoms with Crippen LogP contribution in [0, 0.1) is 0 Å². The fourth-order valence-electron chi connectivity index (χ4n) is 1.80. The summed E-state index contributed by atoms with van der Waals surface area (Å²) in [5, 5.41) is 4.88. The maximum atomic E-state index is 10.8. The third-order valence-corrected chi connectivity index (χ3v) is 3.38. The molecule has 0 radical (unpaired) electrons. The van der Waals surface area contributed by atoms with Gasteiger partial charge in [0.25, 0.3) is 10.2 Å². The lowest BCUT2D eigenvalue weighted by atomic mass is 10.0. The molecular formula is C14H16N2O3S. The highest BCUT2D eigenvalue weighted by atomic mass is 32.2. The zero-order valence-corrected chi connectivity index (χ0v) is 11.9. The lowest BCUT2D eigenvalue weighted by molar-refractivity contribution is 0.415. The summed E-state index contributed by atoms with van der Waals surface area (Å²) in [4.78, 5) is 0. The van der Waals surface area contributed by atoms with Crippen LogP contribution in [0.5, 0.6) is 5.75 Å². The second kappa shape index (κ2) is 6.04. The normalized spacial score (nSPS) is 11.3. The van der Waals surface area contributed by atoms with Crippen LogP contribution in [0.1, 0.15) is 5.56 Å². The molecule has 0 aliphatic rings. The van der Waals surface area contributed by atoms with E-state index in [4.69, 9.17) is 9.88 Å². The fourth-order valence-corrected chi connectivity index (χ4v) is 2.17. The van der Waals surface area contributed by atoms with Crippen molar-refractivity contribution in [3.05, 3.63) is 54.1 Å². The molecule has 0 saturated carbocycles. The molecule has 6 heteroatoms. The van der Waals surface area contributed by atoms with Gasteiger partial charge in [0.05, 0.1) is 7.11 Å². The molecule has 2 rings (SSSR count). The fraction of sp³-hybridized carbons (Fsp3) is 0.143. The molecule has 0 aliphatic carbocycles. The standard InChI is InChI=1S/C14H16N2O3S/c1-19-14-4-2-3-13(9-14)12-7-5-11(6-8-12)10-16-20(15,17)18/h2-9,16H,10H2,1H3,(H2,15,17,18). The molecule has 0 spiro atoms. The van der Waals surface area contributed by atoms with E-state index in [1.807, 2.05) is 48.5 Å². The van der Waals surface area contributed by atoms with E-state index in [1.54, 1.807) is 7.11 Å². The van der Waals surface area contributed by atoms with Crippen LogP contribution in [0.25, 0.3) is 11.1 Å². The molecule has 0 aliphatic heterocycles. The second-order valence-corrected chi connectivity index (χ2v) is 5.67. The summed E-state index contributed by atoms with van der Waals surface area (Å²) in [6, 6.07) is 15.3. The van der Waals surface area contributed by atoms with E-state index in [9.17, 15) is 8.42 Å². The van der Waals surface area contributed by atoms with E-state index in [0.717, 1.165) is 22.4 Å². The van der Waals surface area contributed by atoms with Crippen molar-refractivity contribution in [2.24, 2.45) is 5.14 Å². The Balaban J connectivity index is 2.15. The zero-order chi connectivity index (χ0) is 14.6. The quantitative estimate of drug-likeness (QED) is 0.879. The number of hydrogen-bond acceptors (Lipinski definition) is 3. The van der Waals surface area contributed by atoms with Gasteiger partial charge in [-0.05, 0) is 28.8 Å². The van der Waals surface area contributed by atoms with E-state index in [0.29, 0.717) is 0 Å². The first-order chi connectivity index (χ1) is 9.48. The van der Waals surface area contributed by atoms with Gasteiger partial charge in [-0.25, -0.2) is 5.14 Å². The Kier molecular flexibility index (Phi) is 4.39. The minimum atomic E-state index is -3.66. The third kappa shape index (κ3) is 4.06. The Morgan fingerprint density at radius 2 is 1.80 bits per heavy atom. The first-order valence-electron chi connectivity index (χ1n) is 5.99. The number of nitrogens with one attached hydrogen (secondary N) is 1. The first-order valence-corrected chi connectivity index (χ1v) is 7.53. The number of methoxy groups -OCH3 is 1. The van der Waals surface area contributed by atoms with Crippen molar-refractivity contribution in [1.29, 1.82) is 0 Å². The molecular weight excluding hydrogens is 276 g/mol. The van der Waals surface area contributed by atoms with Crippen LogP contribution in [-0.2, 0) is 16.8 Å². The van der Waals surface area contributed by atoms with Gasteiger partial charge in [-0.2, -0.15) is 13.1 Å². The van der Waals surface area contributed by atoms with Crippen LogP contribution >= 0.6 is 0 Å². The maximum absolute atomic E-state index is 10.8. The van der Waals surface area contributed by atoms with Gasteiger partial charge < -0.3 is 4.74 Å². The molecule has 0 saturated heterocycles. The summed E-state index contributed by atoms with van der Waals surface area (Å²) in [6.45, 7) is 0.178. The molecule has 0 heterocycles. The van der Waals surface area contributed by atoms with Crippen LogP contribution in [0.2, 0.25) is 0 Å². The van der Waals surface area contributed by atoms with Crippen LogP contribution < -0.4 is 14.6 Å². The Labute approximate surface area is 118 Å². The van der Waals surface area contributed by atoms with E-state index in [2.05, 4.69) is 4.72 Å². The van der Waals surface area contributed by atoms with Gasteiger partial charge in [0, 0.05) is 6.54 Å². The molecule has 0 aromatic heterocycles. The molecule has 0 bridgehead atoms. The smallest absolute Gasteiger partial charge is 0.274 e. The minimum absolute atomic E-state index is 0.178. The monoisotopic (exact) mass is 292 g/mol. The van der Waals surface area contributed by atoms with Crippen molar-refractivity contribution in [2.45, 2.75) is 6.54 Å². The summed E-state index contributed by atoms with van der Waals surface area (Å²) in [7, 11) is -2.03. The highest BCUT2D eigenvalue weighted by Gasteiger charge is 2.03. The number of ether oxygens (including phenoxy) is 1. The van der Waals surface area contributed by atoms with Gasteiger partial charge in [-0.1, -0.05) is 36.4 Å². The molecule has 3 N–H and O–H groups in total. The topological polar surface area (TPSA) is 81.4 Å². The predicted molar refractivity (Wildman–Crippen MR) is 78.4 cm³/mol. The Hall–Kier alpha value is -1.89. The third-order valence-electron chi connectivity index (χ3n) is 2.83. The van der Waals surface area contributed by atoms with Crippen LogP contribution in [-0.4, -0.2) is 15.5 Å². The highest BCUT2D eigenvalue weighted by Crippen LogP contribution is 2.23. The van der Waals surface area contributed by atoms with Gasteiger partial charge in [0.15, 0.2) is 0 Å². The van der Waals surface area contributed by atoms with Crippen molar-refractivity contribution >= 4 is 10.2 Å². The number of benzene rings is 2. The summed E-state index contributed by atoms with van der Waals surface area (Å²) in [6.07, 6.45) is 0. The summed E-state index contributed by atoms with van der Waals surface area (Å²) in [5.74, 6) is 0.794. The van der Waals surface area contributed by atoms with Crippen LogP contribution in [0.15, 0.2) is 48.5 Å².